The summed E-state index contributed by atoms with van der Waals surface area (Å²) in [6.07, 6.45) is 3.64. The minimum absolute atomic E-state index is 0.0143. The van der Waals surface area contributed by atoms with Crippen LogP contribution >= 0.6 is 0 Å². The number of nitro benzene ring substituents is 1. The maximum atomic E-state index is 12.5. The smallest absolute Gasteiger partial charge is 0.331 e. The normalized spacial score (nSPS) is 34.1. The lowest BCUT2D eigenvalue weighted by molar-refractivity contribution is -0.384. The molecule has 2 fully saturated rings. The number of nitro groups is 1. The first-order valence-electron chi connectivity index (χ1n) is 10.8. The number of non-ortho nitro benzene ring substituents is 1. The van der Waals surface area contributed by atoms with E-state index in [2.05, 4.69) is 0 Å². The number of benzene rings is 1. The van der Waals surface area contributed by atoms with Crippen LogP contribution in [0, 0.1) is 27.9 Å². The van der Waals surface area contributed by atoms with Crippen LogP contribution in [0.4, 0.5) is 5.69 Å². The van der Waals surface area contributed by atoms with Gasteiger partial charge in [0.2, 0.25) is 0 Å². The summed E-state index contributed by atoms with van der Waals surface area (Å²) in [4.78, 5) is 34.9. The summed E-state index contributed by atoms with van der Waals surface area (Å²) in [5, 5.41) is 21.9. The first kappa shape index (κ1) is 22.2. The molecule has 8 nitrogen and oxygen atoms in total. The van der Waals surface area contributed by atoms with Crippen molar-refractivity contribution < 1.29 is 29.1 Å². The van der Waals surface area contributed by atoms with Gasteiger partial charge in [0.05, 0.1) is 16.4 Å². The van der Waals surface area contributed by atoms with Gasteiger partial charge in [-0.15, -0.1) is 0 Å². The van der Waals surface area contributed by atoms with Gasteiger partial charge in [-0.25, -0.2) is 4.79 Å². The fourth-order valence-corrected chi connectivity index (χ4v) is 5.26. The van der Waals surface area contributed by atoms with Crippen LogP contribution in [0.1, 0.15) is 45.6 Å². The number of hydrogen-bond donors (Lipinski definition) is 1. The number of rotatable bonds is 4. The van der Waals surface area contributed by atoms with Crippen LogP contribution < -0.4 is 0 Å². The van der Waals surface area contributed by atoms with Crippen LogP contribution in [0.3, 0.4) is 0 Å². The molecule has 6 atom stereocenters. The van der Waals surface area contributed by atoms with Crippen molar-refractivity contribution in [2.75, 3.05) is 0 Å². The molecule has 0 amide bonds. The highest BCUT2D eigenvalue weighted by molar-refractivity contribution is 5.87. The van der Waals surface area contributed by atoms with E-state index in [1.54, 1.807) is 19.1 Å². The van der Waals surface area contributed by atoms with E-state index >= 15 is 0 Å². The molecule has 0 bridgehead atoms. The Kier molecular flexibility index (Phi) is 5.67. The van der Waals surface area contributed by atoms with Crippen LogP contribution in [0.25, 0.3) is 6.08 Å². The zero-order valence-corrected chi connectivity index (χ0v) is 18.3. The Bertz CT molecular complexity index is 1010. The summed E-state index contributed by atoms with van der Waals surface area (Å²) in [7, 11) is 0. The molecule has 1 aliphatic heterocycles. The summed E-state index contributed by atoms with van der Waals surface area (Å²) in [5.74, 6) is -1.21. The van der Waals surface area contributed by atoms with Gasteiger partial charge in [-0.05, 0) is 68.0 Å². The molecule has 1 saturated carbocycles. The van der Waals surface area contributed by atoms with E-state index in [4.69, 9.17) is 9.47 Å². The van der Waals surface area contributed by atoms with E-state index in [9.17, 15) is 24.8 Å². The predicted molar refractivity (Wildman–Crippen MR) is 115 cm³/mol. The van der Waals surface area contributed by atoms with E-state index in [1.807, 2.05) is 13.8 Å². The van der Waals surface area contributed by atoms with E-state index < -0.39 is 22.6 Å². The maximum absolute atomic E-state index is 12.5. The number of aliphatic hydroxyl groups is 1. The molecule has 1 aromatic rings. The molecule has 1 unspecified atom stereocenters. The largest absolute Gasteiger partial charge is 0.457 e. The molecule has 1 N–H and O–H groups in total. The van der Waals surface area contributed by atoms with Gasteiger partial charge in [-0.3, -0.25) is 14.9 Å². The molecular weight excluding hydrogens is 414 g/mol. The van der Waals surface area contributed by atoms with Gasteiger partial charge in [0.1, 0.15) is 12.2 Å². The van der Waals surface area contributed by atoms with Gasteiger partial charge >= 0.3 is 11.9 Å². The van der Waals surface area contributed by atoms with Crippen molar-refractivity contribution in [3.63, 3.8) is 0 Å². The van der Waals surface area contributed by atoms with E-state index in [0.29, 0.717) is 24.8 Å². The number of nitrogens with zero attached hydrogens (tertiary/aromatic N) is 1. The van der Waals surface area contributed by atoms with Crippen molar-refractivity contribution in [3.05, 3.63) is 57.2 Å². The van der Waals surface area contributed by atoms with Crippen molar-refractivity contribution in [1.29, 1.82) is 0 Å². The third kappa shape index (κ3) is 3.95. The molecule has 1 heterocycles. The Hall–Kier alpha value is -3.00. The van der Waals surface area contributed by atoms with Gasteiger partial charge in [-0.2, -0.15) is 0 Å². The minimum Gasteiger partial charge on any atom is -0.457 e. The molecule has 1 saturated heterocycles. The molecule has 2 aliphatic carbocycles. The van der Waals surface area contributed by atoms with Crippen LogP contribution in [-0.4, -0.2) is 39.8 Å². The van der Waals surface area contributed by atoms with Crippen LogP contribution in [0.2, 0.25) is 0 Å². The third-order valence-corrected chi connectivity index (χ3v) is 7.22. The summed E-state index contributed by atoms with van der Waals surface area (Å²) >= 11 is 0. The minimum atomic E-state index is -0.969. The molecule has 32 heavy (non-hydrogen) atoms. The van der Waals surface area contributed by atoms with Crippen molar-refractivity contribution in [2.45, 2.75) is 57.8 Å². The molecule has 0 aromatic heterocycles. The van der Waals surface area contributed by atoms with E-state index in [1.165, 1.54) is 24.3 Å². The average Bonchev–Trinajstić information content (AvgIpc) is 3.18. The van der Waals surface area contributed by atoms with Crippen LogP contribution in [0.15, 0.2) is 41.5 Å². The Labute approximate surface area is 186 Å². The quantitative estimate of drug-likeness (QED) is 0.250. The molecule has 170 valence electrons. The highest BCUT2D eigenvalue weighted by Crippen LogP contribution is 2.52. The van der Waals surface area contributed by atoms with E-state index in [-0.39, 0.29) is 35.5 Å². The molecule has 1 aromatic carbocycles. The fraction of sp³-hybridized carbons (Fsp3) is 0.500. The predicted octanol–water partition coefficient (Wildman–Crippen LogP) is 3.58. The molecule has 8 heteroatoms. The van der Waals surface area contributed by atoms with Gasteiger partial charge in [0.25, 0.3) is 5.69 Å². The second kappa shape index (κ2) is 8.16. The lowest BCUT2D eigenvalue weighted by Gasteiger charge is -2.31. The topological polar surface area (TPSA) is 116 Å². The van der Waals surface area contributed by atoms with Crippen LogP contribution in [-0.2, 0) is 19.1 Å². The highest BCUT2D eigenvalue weighted by atomic mass is 16.6. The van der Waals surface area contributed by atoms with Crippen molar-refractivity contribution in [1.82, 2.24) is 0 Å². The Morgan fingerprint density at radius 1 is 1.34 bits per heavy atom. The van der Waals surface area contributed by atoms with Crippen molar-refractivity contribution in [2.24, 2.45) is 17.8 Å². The zero-order chi connectivity index (χ0) is 23.2. The number of carbonyl (C=O) groups excluding carboxylic acids is 2. The van der Waals surface area contributed by atoms with Crippen molar-refractivity contribution in [3.8, 4) is 0 Å². The number of esters is 2. The molecule has 0 radical (unpaired) electrons. The lowest BCUT2D eigenvalue weighted by Crippen LogP contribution is -2.35. The molecule has 0 spiro atoms. The third-order valence-electron chi connectivity index (χ3n) is 7.22. The maximum Gasteiger partial charge on any atom is 0.331 e. The molecular formula is C24H27NO7. The first-order chi connectivity index (χ1) is 15.1. The standard InChI is InChI=1S/C24H27NO7/c1-13-17-10-11-24(3,28)18-12-19(14(2)21(18)22(17)32-23(13)27)31-20(26)9-6-15-4-7-16(8-5-15)25(29)30/h4-9,13,17-19,22,28H,10-12H2,1-3H3/b9-6+/t13-,17-,18?,19-,22-,24+/m0/s1. The van der Waals surface area contributed by atoms with Gasteiger partial charge < -0.3 is 14.6 Å². The second-order valence-electron chi connectivity index (χ2n) is 9.24. The summed E-state index contributed by atoms with van der Waals surface area (Å²) in [5.41, 5.74) is 1.38. The number of ether oxygens (including phenoxy) is 2. The highest BCUT2D eigenvalue weighted by Gasteiger charge is 2.55. The SMILES string of the molecule is CC1=C2C(C[C@@H]1OC(=O)/C=C/c1ccc([N+](=O)[O-])cc1)[C@](C)(O)CC[C@H]1[C@H](C)C(=O)O[C@H]21. The lowest BCUT2D eigenvalue weighted by atomic mass is 9.81. The number of hydrogen-bond acceptors (Lipinski definition) is 7. The van der Waals surface area contributed by atoms with Gasteiger partial charge in [-0.1, -0.05) is 6.92 Å². The number of fused-ring (bicyclic) bond motifs is 3. The van der Waals surface area contributed by atoms with E-state index in [0.717, 1.165) is 11.1 Å². The monoisotopic (exact) mass is 441 g/mol. The van der Waals surface area contributed by atoms with Gasteiger partial charge in [0, 0.05) is 30.0 Å². The zero-order valence-electron chi connectivity index (χ0n) is 18.3. The Morgan fingerprint density at radius 2 is 2.03 bits per heavy atom. The fourth-order valence-electron chi connectivity index (χ4n) is 5.26. The second-order valence-corrected chi connectivity index (χ2v) is 9.24. The molecule has 3 aliphatic rings. The van der Waals surface area contributed by atoms with Gasteiger partial charge in [0.15, 0.2) is 0 Å². The summed E-state index contributed by atoms with van der Waals surface area (Å²) in [6, 6.07) is 5.84. The van der Waals surface area contributed by atoms with Crippen molar-refractivity contribution >= 4 is 23.7 Å². The summed E-state index contributed by atoms with van der Waals surface area (Å²) in [6.45, 7) is 5.55. The number of carbonyl (C=O) groups is 2. The first-order valence-corrected chi connectivity index (χ1v) is 10.8. The Balaban J connectivity index is 1.51. The summed E-state index contributed by atoms with van der Waals surface area (Å²) < 4.78 is 11.4. The Morgan fingerprint density at radius 3 is 2.69 bits per heavy atom. The van der Waals surface area contributed by atoms with Crippen LogP contribution in [0.5, 0.6) is 0 Å². The average molecular weight is 441 g/mol. The molecule has 4 rings (SSSR count).